The van der Waals surface area contributed by atoms with Crippen molar-refractivity contribution in [3.05, 3.63) is 41.2 Å². The van der Waals surface area contributed by atoms with Gasteiger partial charge in [-0.1, -0.05) is 38.1 Å². The second kappa shape index (κ2) is 4.57. The molecule has 0 saturated heterocycles. The minimum absolute atomic E-state index is 0.0792. The number of Topliss-reactive ketones (excluding diaryl/α,β-unsaturated/α-hetero) is 1. The zero-order chi connectivity index (χ0) is 10.6. The fraction of sp³-hybridized carbons (Fsp3) is 0.333. The maximum absolute atomic E-state index is 11.4. The molecular formula is C12H13NO. The van der Waals surface area contributed by atoms with Gasteiger partial charge in [-0.25, -0.2) is 4.85 Å². The fourth-order valence-electron chi connectivity index (χ4n) is 1.09. The number of rotatable bonds is 3. The largest absolute Gasteiger partial charge is 0.299 e. The lowest BCUT2D eigenvalue weighted by Crippen LogP contribution is -2.09. The van der Waals surface area contributed by atoms with Crippen molar-refractivity contribution in [2.45, 2.75) is 20.3 Å². The highest BCUT2D eigenvalue weighted by molar-refractivity contribution is 5.82. The lowest BCUT2D eigenvalue weighted by molar-refractivity contribution is -0.121. The van der Waals surface area contributed by atoms with E-state index >= 15 is 0 Å². The van der Waals surface area contributed by atoms with Crippen molar-refractivity contribution in [2.75, 3.05) is 0 Å². The average Bonchev–Trinajstić information content (AvgIpc) is 2.19. The number of benzene rings is 1. The molecule has 72 valence electrons. The number of hydrogen-bond acceptors (Lipinski definition) is 1. The monoisotopic (exact) mass is 187 g/mol. The Bertz CT molecular complexity index is 357. The van der Waals surface area contributed by atoms with Crippen LogP contribution in [-0.4, -0.2) is 5.78 Å². The van der Waals surface area contributed by atoms with E-state index < -0.39 is 0 Å². The number of carbonyl (C=O) groups is 1. The van der Waals surface area contributed by atoms with Crippen LogP contribution < -0.4 is 0 Å². The van der Waals surface area contributed by atoms with Crippen LogP contribution in [0.1, 0.15) is 19.4 Å². The molecule has 1 aromatic rings. The van der Waals surface area contributed by atoms with E-state index in [1.807, 2.05) is 26.0 Å². The molecule has 0 spiro atoms. The van der Waals surface area contributed by atoms with Crippen LogP contribution in [0, 0.1) is 12.5 Å². The lowest BCUT2D eigenvalue weighted by atomic mass is 10.0. The summed E-state index contributed by atoms with van der Waals surface area (Å²) < 4.78 is 0. The van der Waals surface area contributed by atoms with Gasteiger partial charge in [0.05, 0.1) is 6.57 Å². The molecule has 2 heteroatoms. The molecule has 1 rings (SSSR count). The zero-order valence-electron chi connectivity index (χ0n) is 8.45. The SMILES string of the molecule is [C-]#[N+]c1ccc(CC(=O)C(C)C)cc1. The number of ketones is 1. The van der Waals surface area contributed by atoms with Gasteiger partial charge < -0.3 is 0 Å². The summed E-state index contributed by atoms with van der Waals surface area (Å²) >= 11 is 0. The molecule has 0 aliphatic carbocycles. The van der Waals surface area contributed by atoms with Gasteiger partial charge in [-0.3, -0.25) is 4.79 Å². The predicted molar refractivity (Wildman–Crippen MR) is 56.3 cm³/mol. The van der Waals surface area contributed by atoms with Crippen LogP contribution in [0.5, 0.6) is 0 Å². The number of nitrogens with zero attached hydrogens (tertiary/aromatic N) is 1. The molecule has 1 aromatic carbocycles. The van der Waals surface area contributed by atoms with Crippen molar-refractivity contribution in [1.82, 2.24) is 0 Å². The molecule has 0 aliphatic heterocycles. The van der Waals surface area contributed by atoms with Gasteiger partial charge in [-0.2, -0.15) is 0 Å². The molecule has 14 heavy (non-hydrogen) atoms. The molecule has 0 N–H and O–H groups in total. The summed E-state index contributed by atoms with van der Waals surface area (Å²) in [6, 6.07) is 7.17. The van der Waals surface area contributed by atoms with Gasteiger partial charge >= 0.3 is 0 Å². The summed E-state index contributed by atoms with van der Waals surface area (Å²) in [5, 5.41) is 0. The lowest BCUT2D eigenvalue weighted by Gasteiger charge is -2.03. The van der Waals surface area contributed by atoms with E-state index in [9.17, 15) is 4.79 Å². The Kier molecular flexibility index (Phi) is 3.41. The van der Waals surface area contributed by atoms with Gasteiger partial charge in [0.1, 0.15) is 5.78 Å². The maximum Gasteiger partial charge on any atom is 0.187 e. The van der Waals surface area contributed by atoms with Crippen LogP contribution in [0.15, 0.2) is 24.3 Å². The Morgan fingerprint density at radius 2 is 1.93 bits per heavy atom. The van der Waals surface area contributed by atoms with Gasteiger partial charge in [0, 0.05) is 12.3 Å². The molecular weight excluding hydrogens is 174 g/mol. The summed E-state index contributed by atoms with van der Waals surface area (Å²) in [7, 11) is 0. The molecule has 0 radical (unpaired) electrons. The van der Waals surface area contributed by atoms with Crippen LogP contribution >= 0.6 is 0 Å². The first kappa shape index (κ1) is 10.5. The molecule has 0 aromatic heterocycles. The zero-order valence-corrected chi connectivity index (χ0v) is 8.45. The molecule has 2 nitrogen and oxygen atoms in total. The molecule has 0 bridgehead atoms. The molecule has 0 fully saturated rings. The Balaban J connectivity index is 2.70. The molecule has 0 atom stereocenters. The highest BCUT2D eigenvalue weighted by atomic mass is 16.1. The summed E-state index contributed by atoms with van der Waals surface area (Å²) in [5.74, 6) is 0.316. The van der Waals surface area contributed by atoms with Crippen molar-refractivity contribution in [1.29, 1.82) is 0 Å². The first-order valence-corrected chi connectivity index (χ1v) is 4.62. The quantitative estimate of drug-likeness (QED) is 0.666. The first-order valence-electron chi connectivity index (χ1n) is 4.62. The summed E-state index contributed by atoms with van der Waals surface area (Å²) in [6.45, 7) is 10.6. The van der Waals surface area contributed by atoms with Gasteiger partial charge in [-0.05, 0) is 5.56 Å². The van der Waals surface area contributed by atoms with Gasteiger partial charge in [0.15, 0.2) is 5.69 Å². The standard InChI is InChI=1S/C12H13NO/c1-9(2)12(14)8-10-4-6-11(13-3)7-5-10/h4-7,9H,8H2,1-2H3. The van der Waals surface area contributed by atoms with Crippen molar-refractivity contribution in [3.8, 4) is 0 Å². The van der Waals surface area contributed by atoms with Crippen molar-refractivity contribution in [2.24, 2.45) is 5.92 Å². The Hall–Kier alpha value is -1.62. The summed E-state index contributed by atoms with van der Waals surface area (Å²) in [6.07, 6.45) is 0.468. The molecule has 0 amide bonds. The summed E-state index contributed by atoms with van der Waals surface area (Å²) in [4.78, 5) is 14.7. The van der Waals surface area contributed by atoms with E-state index in [2.05, 4.69) is 4.85 Å². The maximum atomic E-state index is 11.4. The van der Waals surface area contributed by atoms with Crippen molar-refractivity contribution >= 4 is 11.5 Å². The summed E-state index contributed by atoms with van der Waals surface area (Å²) in [5.41, 5.74) is 1.60. The minimum Gasteiger partial charge on any atom is -0.299 e. The second-order valence-corrected chi connectivity index (χ2v) is 3.58. The Labute approximate surface area is 84.4 Å². The third kappa shape index (κ3) is 2.70. The molecule has 0 heterocycles. The van der Waals surface area contributed by atoms with E-state index in [0.717, 1.165) is 5.56 Å². The first-order chi connectivity index (χ1) is 6.63. The number of hydrogen-bond donors (Lipinski definition) is 0. The molecule has 0 saturated carbocycles. The van der Waals surface area contributed by atoms with Gasteiger partial charge in [0.2, 0.25) is 0 Å². The van der Waals surface area contributed by atoms with Crippen LogP contribution in [0.2, 0.25) is 0 Å². The molecule has 0 unspecified atom stereocenters. The van der Waals surface area contributed by atoms with E-state index in [-0.39, 0.29) is 11.7 Å². The van der Waals surface area contributed by atoms with Crippen LogP contribution in [-0.2, 0) is 11.2 Å². The highest BCUT2D eigenvalue weighted by Crippen LogP contribution is 2.13. The van der Waals surface area contributed by atoms with E-state index in [4.69, 9.17) is 6.57 Å². The van der Waals surface area contributed by atoms with Crippen LogP contribution in [0.4, 0.5) is 5.69 Å². The smallest absolute Gasteiger partial charge is 0.187 e. The van der Waals surface area contributed by atoms with E-state index in [0.29, 0.717) is 12.1 Å². The van der Waals surface area contributed by atoms with E-state index in [1.54, 1.807) is 12.1 Å². The fourth-order valence-corrected chi connectivity index (χ4v) is 1.09. The third-order valence-electron chi connectivity index (χ3n) is 2.09. The Morgan fingerprint density at radius 3 is 2.36 bits per heavy atom. The minimum atomic E-state index is 0.0792. The van der Waals surface area contributed by atoms with Gasteiger partial charge in [-0.15, -0.1) is 0 Å². The number of carbonyl (C=O) groups excluding carboxylic acids is 1. The normalized spacial score (nSPS) is 9.86. The average molecular weight is 187 g/mol. The van der Waals surface area contributed by atoms with Gasteiger partial charge in [0.25, 0.3) is 0 Å². The highest BCUT2D eigenvalue weighted by Gasteiger charge is 2.07. The van der Waals surface area contributed by atoms with Crippen molar-refractivity contribution < 1.29 is 4.79 Å². The van der Waals surface area contributed by atoms with Crippen LogP contribution in [0.25, 0.3) is 4.85 Å². The second-order valence-electron chi connectivity index (χ2n) is 3.58. The van der Waals surface area contributed by atoms with E-state index in [1.165, 1.54) is 0 Å². The van der Waals surface area contributed by atoms with Crippen molar-refractivity contribution in [3.63, 3.8) is 0 Å². The topological polar surface area (TPSA) is 21.4 Å². The Morgan fingerprint density at radius 1 is 1.36 bits per heavy atom. The molecule has 0 aliphatic rings. The third-order valence-corrected chi connectivity index (χ3v) is 2.09. The van der Waals surface area contributed by atoms with Crippen LogP contribution in [0.3, 0.4) is 0 Å². The predicted octanol–water partition coefficient (Wildman–Crippen LogP) is 3.00.